The van der Waals surface area contributed by atoms with Gasteiger partial charge in [0.15, 0.2) is 0 Å². The molecule has 0 saturated heterocycles. The molecule has 0 bridgehead atoms. The highest BCUT2D eigenvalue weighted by atomic mass is 19.1. The monoisotopic (exact) mass is 439 g/mol. The lowest BCUT2D eigenvalue weighted by molar-refractivity contribution is -0.115. The highest BCUT2D eigenvalue weighted by Gasteiger charge is 2.35. The van der Waals surface area contributed by atoms with E-state index in [4.69, 9.17) is 4.99 Å². The number of halogens is 1. The van der Waals surface area contributed by atoms with Crippen LogP contribution in [-0.4, -0.2) is 28.1 Å². The number of carbonyl (C=O) groups is 1. The van der Waals surface area contributed by atoms with E-state index in [1.807, 2.05) is 42.5 Å². The molecule has 1 aromatic heterocycles. The van der Waals surface area contributed by atoms with E-state index in [-0.39, 0.29) is 5.91 Å². The lowest BCUT2D eigenvalue weighted by Gasteiger charge is -2.14. The predicted octanol–water partition coefficient (Wildman–Crippen LogP) is 4.74. The molecule has 2 heterocycles. The molecule has 1 aliphatic rings. The number of carbonyl (C=O) groups excluding carboxylic acids is 1. The van der Waals surface area contributed by atoms with Crippen LogP contribution in [0.4, 0.5) is 15.8 Å². The third-order valence-corrected chi connectivity index (χ3v) is 5.65. The zero-order valence-electron chi connectivity index (χ0n) is 18.0. The predicted molar refractivity (Wildman–Crippen MR) is 127 cm³/mol. The van der Waals surface area contributed by atoms with Crippen molar-refractivity contribution in [1.82, 2.24) is 15.3 Å². The van der Waals surface area contributed by atoms with Crippen molar-refractivity contribution in [2.75, 3.05) is 11.9 Å². The summed E-state index contributed by atoms with van der Waals surface area (Å²) in [7, 11) is 0. The van der Waals surface area contributed by atoms with Crippen LogP contribution in [0.3, 0.4) is 0 Å². The van der Waals surface area contributed by atoms with Gasteiger partial charge >= 0.3 is 0 Å². The summed E-state index contributed by atoms with van der Waals surface area (Å²) in [5.41, 5.74) is 5.85. The van der Waals surface area contributed by atoms with Crippen LogP contribution in [0, 0.1) is 5.82 Å². The van der Waals surface area contributed by atoms with Crippen LogP contribution >= 0.6 is 0 Å². The van der Waals surface area contributed by atoms with Crippen LogP contribution in [0.2, 0.25) is 0 Å². The van der Waals surface area contributed by atoms with Gasteiger partial charge in [0.05, 0.1) is 22.4 Å². The summed E-state index contributed by atoms with van der Waals surface area (Å²) in [6.07, 6.45) is 3.27. The first-order chi connectivity index (χ1) is 16.1. The van der Waals surface area contributed by atoms with Gasteiger partial charge in [-0.1, -0.05) is 31.2 Å². The van der Waals surface area contributed by atoms with E-state index < -0.39 is 11.7 Å². The van der Waals surface area contributed by atoms with Gasteiger partial charge in [-0.05, 0) is 59.6 Å². The first kappa shape index (κ1) is 20.9. The van der Waals surface area contributed by atoms with E-state index >= 15 is 0 Å². The van der Waals surface area contributed by atoms with Crippen molar-refractivity contribution < 1.29 is 9.18 Å². The maximum absolute atomic E-state index is 13.8. The Hall–Kier alpha value is -3.97. The van der Waals surface area contributed by atoms with E-state index in [1.54, 1.807) is 18.5 Å². The van der Waals surface area contributed by atoms with E-state index in [1.165, 1.54) is 12.1 Å². The quantitative estimate of drug-likeness (QED) is 0.426. The second-order valence-corrected chi connectivity index (χ2v) is 7.86. The fourth-order valence-corrected chi connectivity index (χ4v) is 4.02. The largest absolute Gasteiger partial charge is 0.325 e. The van der Waals surface area contributed by atoms with E-state index in [0.717, 1.165) is 35.4 Å². The molecule has 3 aromatic carbocycles. The minimum absolute atomic E-state index is 0.239. The van der Waals surface area contributed by atoms with Crippen LogP contribution in [0.5, 0.6) is 0 Å². The molecule has 1 unspecified atom stereocenters. The van der Waals surface area contributed by atoms with Gasteiger partial charge in [0.2, 0.25) is 5.91 Å². The molecule has 1 atom stereocenters. The molecular weight excluding hydrogens is 417 g/mol. The van der Waals surface area contributed by atoms with Gasteiger partial charge in [-0.15, -0.1) is 0 Å². The van der Waals surface area contributed by atoms with Gasteiger partial charge < -0.3 is 10.6 Å². The smallest absolute Gasteiger partial charge is 0.238 e. The minimum atomic E-state index is -0.670. The second kappa shape index (κ2) is 8.88. The standard InChI is InChI=1S/C26H22FN5O/c1-2-28-15-16-3-7-19(8-4-16)31-25(17-5-10-21-23(13-17)30-12-11-29-21)24-20-9-6-18(27)14-22(20)32-26(24)33/h3-14,24,28H,2,15H2,1H3,(H,32,33). The number of aliphatic imine (C=N–C) groups is 1. The Balaban J connectivity index is 1.62. The molecule has 0 aliphatic carbocycles. The summed E-state index contributed by atoms with van der Waals surface area (Å²) in [5.74, 6) is -1.31. The number of aromatic nitrogens is 2. The number of benzene rings is 3. The highest BCUT2D eigenvalue weighted by Crippen LogP contribution is 2.37. The van der Waals surface area contributed by atoms with Crippen LogP contribution in [-0.2, 0) is 11.3 Å². The van der Waals surface area contributed by atoms with Crippen LogP contribution < -0.4 is 10.6 Å². The maximum Gasteiger partial charge on any atom is 0.238 e. The normalized spacial score (nSPS) is 15.5. The minimum Gasteiger partial charge on any atom is -0.325 e. The van der Waals surface area contributed by atoms with Crippen LogP contribution in [0.15, 0.2) is 78.0 Å². The molecule has 5 rings (SSSR count). The molecule has 1 amide bonds. The average molecular weight is 439 g/mol. The maximum atomic E-state index is 13.8. The molecule has 1 aliphatic heterocycles. The average Bonchev–Trinajstić information content (AvgIpc) is 3.16. The van der Waals surface area contributed by atoms with Crippen LogP contribution in [0.1, 0.15) is 29.5 Å². The molecule has 0 spiro atoms. The Morgan fingerprint density at radius 1 is 1.03 bits per heavy atom. The zero-order chi connectivity index (χ0) is 22.8. The fourth-order valence-electron chi connectivity index (χ4n) is 4.02. The third kappa shape index (κ3) is 4.23. The third-order valence-electron chi connectivity index (χ3n) is 5.65. The van der Waals surface area contributed by atoms with Crippen molar-refractivity contribution in [2.45, 2.75) is 19.4 Å². The SMILES string of the molecule is CCNCc1ccc(N=C(c2ccc3nccnc3c2)C2C(=O)Nc3cc(F)ccc32)cc1. The lowest BCUT2D eigenvalue weighted by Crippen LogP contribution is -2.22. The number of anilines is 1. The number of rotatable bonds is 6. The Morgan fingerprint density at radius 3 is 2.61 bits per heavy atom. The molecule has 0 fully saturated rings. The number of hydrogen-bond donors (Lipinski definition) is 2. The van der Waals surface area contributed by atoms with Gasteiger partial charge in [0.1, 0.15) is 11.7 Å². The fraction of sp³-hybridized carbons (Fsp3) is 0.154. The van der Waals surface area contributed by atoms with Crippen molar-refractivity contribution in [2.24, 2.45) is 4.99 Å². The molecule has 164 valence electrons. The van der Waals surface area contributed by atoms with E-state index in [9.17, 15) is 9.18 Å². The lowest BCUT2D eigenvalue weighted by atomic mass is 9.90. The number of hydrogen-bond acceptors (Lipinski definition) is 5. The number of fused-ring (bicyclic) bond motifs is 2. The van der Waals surface area contributed by atoms with E-state index in [2.05, 4.69) is 27.5 Å². The molecule has 6 nitrogen and oxygen atoms in total. The molecule has 0 radical (unpaired) electrons. The van der Waals surface area contributed by atoms with Crippen LogP contribution in [0.25, 0.3) is 11.0 Å². The molecule has 33 heavy (non-hydrogen) atoms. The van der Waals surface area contributed by atoms with Crippen molar-refractivity contribution in [3.05, 3.63) is 95.6 Å². The number of amides is 1. The Labute approximate surface area is 190 Å². The number of nitrogens with one attached hydrogen (secondary N) is 2. The second-order valence-electron chi connectivity index (χ2n) is 7.86. The van der Waals surface area contributed by atoms with Crippen molar-refractivity contribution in [3.63, 3.8) is 0 Å². The first-order valence-corrected chi connectivity index (χ1v) is 10.8. The molecule has 7 heteroatoms. The Bertz CT molecular complexity index is 1370. The Kier molecular flexibility index (Phi) is 5.62. The molecule has 0 saturated carbocycles. The van der Waals surface area contributed by atoms with Gasteiger partial charge in [-0.25, -0.2) is 4.39 Å². The topological polar surface area (TPSA) is 79.3 Å². The van der Waals surface area contributed by atoms with Crippen molar-refractivity contribution in [1.29, 1.82) is 0 Å². The summed E-state index contributed by atoms with van der Waals surface area (Å²) in [4.78, 5) is 26.7. The van der Waals surface area contributed by atoms with Gasteiger partial charge in [0.25, 0.3) is 0 Å². The summed E-state index contributed by atoms with van der Waals surface area (Å²) in [5, 5.41) is 6.10. The summed E-state index contributed by atoms with van der Waals surface area (Å²) >= 11 is 0. The first-order valence-electron chi connectivity index (χ1n) is 10.8. The molecule has 2 N–H and O–H groups in total. The summed E-state index contributed by atoms with van der Waals surface area (Å²) in [6, 6.07) is 17.9. The Morgan fingerprint density at radius 2 is 1.82 bits per heavy atom. The number of nitrogens with zero attached hydrogens (tertiary/aromatic N) is 3. The highest BCUT2D eigenvalue weighted by molar-refractivity contribution is 6.24. The van der Waals surface area contributed by atoms with Gasteiger partial charge in [0, 0.05) is 24.6 Å². The summed E-state index contributed by atoms with van der Waals surface area (Å²) in [6.45, 7) is 3.74. The van der Waals surface area contributed by atoms with Gasteiger partial charge in [-0.3, -0.25) is 19.8 Å². The van der Waals surface area contributed by atoms with E-state index in [0.29, 0.717) is 22.5 Å². The van der Waals surface area contributed by atoms with Gasteiger partial charge in [-0.2, -0.15) is 0 Å². The summed E-state index contributed by atoms with van der Waals surface area (Å²) < 4.78 is 13.8. The zero-order valence-corrected chi connectivity index (χ0v) is 18.0. The van der Waals surface area contributed by atoms with Crippen molar-refractivity contribution >= 4 is 34.0 Å². The molecule has 4 aromatic rings. The van der Waals surface area contributed by atoms with Crippen molar-refractivity contribution in [3.8, 4) is 0 Å². The molecular formula is C26H22FN5O.